The quantitative estimate of drug-likeness (QED) is 0.434. The van der Waals surface area contributed by atoms with E-state index in [9.17, 15) is 14.4 Å². The number of rotatable bonds is 7. The Morgan fingerprint density at radius 1 is 1.06 bits per heavy atom. The maximum Gasteiger partial charge on any atom is 0.339 e. The van der Waals surface area contributed by atoms with Gasteiger partial charge in [-0.15, -0.1) is 5.10 Å². The van der Waals surface area contributed by atoms with Gasteiger partial charge >= 0.3 is 11.9 Å². The van der Waals surface area contributed by atoms with Crippen LogP contribution in [-0.4, -0.2) is 58.0 Å². The van der Waals surface area contributed by atoms with E-state index in [1.165, 1.54) is 32.4 Å². The molecule has 1 N–H and O–H groups in total. The molecule has 10 nitrogen and oxygen atoms in total. The summed E-state index contributed by atoms with van der Waals surface area (Å²) in [7, 11) is 2.47. The normalized spacial score (nSPS) is 10.4. The highest BCUT2D eigenvalue weighted by molar-refractivity contribution is 7.99. The number of carbonyl (C=O) groups is 3. The monoisotopic (exact) mass is 441 g/mol. The summed E-state index contributed by atoms with van der Waals surface area (Å²) in [6.07, 6.45) is 0. The third-order valence-corrected chi connectivity index (χ3v) is 5.16. The number of esters is 2. The molecular formula is C20H19N5O5S. The summed E-state index contributed by atoms with van der Waals surface area (Å²) in [6.45, 7) is 1.93. The van der Waals surface area contributed by atoms with Crippen molar-refractivity contribution >= 4 is 35.3 Å². The van der Waals surface area contributed by atoms with Gasteiger partial charge in [0.05, 0.1) is 42.5 Å². The highest BCUT2D eigenvalue weighted by Gasteiger charge is 2.18. The average molecular weight is 441 g/mol. The Kier molecular flexibility index (Phi) is 6.98. The van der Waals surface area contributed by atoms with E-state index in [-0.39, 0.29) is 22.6 Å². The van der Waals surface area contributed by atoms with Gasteiger partial charge in [-0.3, -0.25) is 4.79 Å². The number of thioether (sulfide) groups is 1. The number of methoxy groups -OCH3 is 2. The van der Waals surface area contributed by atoms with Crippen LogP contribution in [0.1, 0.15) is 26.3 Å². The molecule has 3 rings (SSSR count). The number of nitrogens with zero attached hydrogens (tertiary/aromatic N) is 4. The number of nitrogens with one attached hydrogen (secondary N) is 1. The first kappa shape index (κ1) is 22.0. The van der Waals surface area contributed by atoms with Gasteiger partial charge in [0.15, 0.2) is 0 Å². The van der Waals surface area contributed by atoms with E-state index in [1.807, 2.05) is 31.2 Å². The van der Waals surface area contributed by atoms with Gasteiger partial charge in [0.1, 0.15) is 0 Å². The summed E-state index contributed by atoms with van der Waals surface area (Å²) >= 11 is 1.13. The number of aromatic nitrogens is 4. The lowest BCUT2D eigenvalue weighted by molar-refractivity contribution is -0.113. The van der Waals surface area contributed by atoms with Crippen molar-refractivity contribution < 1.29 is 23.9 Å². The van der Waals surface area contributed by atoms with Crippen molar-refractivity contribution in [1.82, 2.24) is 20.2 Å². The number of benzene rings is 2. The fourth-order valence-electron chi connectivity index (χ4n) is 2.72. The lowest BCUT2D eigenvalue weighted by Gasteiger charge is -2.11. The van der Waals surface area contributed by atoms with Gasteiger partial charge in [0, 0.05) is 0 Å². The number of hydrogen-bond acceptors (Lipinski definition) is 9. The van der Waals surface area contributed by atoms with Crippen LogP contribution in [0.2, 0.25) is 0 Å². The van der Waals surface area contributed by atoms with E-state index in [0.29, 0.717) is 5.16 Å². The highest BCUT2D eigenvalue weighted by Crippen LogP contribution is 2.23. The van der Waals surface area contributed by atoms with Gasteiger partial charge in [-0.2, -0.15) is 4.68 Å². The molecule has 0 spiro atoms. The molecular weight excluding hydrogens is 422 g/mol. The second kappa shape index (κ2) is 9.85. The Morgan fingerprint density at radius 3 is 2.52 bits per heavy atom. The van der Waals surface area contributed by atoms with Crippen LogP contribution >= 0.6 is 11.8 Å². The lowest BCUT2D eigenvalue weighted by Crippen LogP contribution is -2.18. The molecule has 11 heteroatoms. The van der Waals surface area contributed by atoms with Gasteiger partial charge < -0.3 is 14.8 Å². The van der Waals surface area contributed by atoms with E-state index in [4.69, 9.17) is 4.74 Å². The Morgan fingerprint density at radius 2 is 1.81 bits per heavy atom. The van der Waals surface area contributed by atoms with Crippen molar-refractivity contribution in [3.05, 3.63) is 59.2 Å². The van der Waals surface area contributed by atoms with Crippen LogP contribution in [0.4, 0.5) is 5.69 Å². The van der Waals surface area contributed by atoms with E-state index in [0.717, 1.165) is 23.0 Å². The molecule has 0 aliphatic heterocycles. The SMILES string of the molecule is COC(=O)c1ccc(C(=O)OC)c(NC(=O)CSc2nnnn2-c2ccccc2C)c1. The zero-order valence-corrected chi connectivity index (χ0v) is 17.8. The maximum atomic E-state index is 12.6. The van der Waals surface area contributed by atoms with Crippen LogP contribution in [0, 0.1) is 6.92 Å². The summed E-state index contributed by atoms with van der Waals surface area (Å²) in [4.78, 5) is 36.4. The van der Waals surface area contributed by atoms with Crippen molar-refractivity contribution in [3.8, 4) is 5.69 Å². The minimum Gasteiger partial charge on any atom is -0.465 e. The molecule has 3 aromatic rings. The first-order valence-electron chi connectivity index (χ1n) is 9.02. The standard InChI is InChI=1S/C20H19N5O5S/c1-12-6-4-5-7-16(12)25-20(22-23-24-25)31-11-17(26)21-15-10-13(18(27)29-2)8-9-14(15)19(28)30-3/h4-10H,11H2,1-3H3,(H,21,26). The number of hydrogen-bond donors (Lipinski definition) is 1. The van der Waals surface area contributed by atoms with Crippen molar-refractivity contribution in [2.45, 2.75) is 12.1 Å². The average Bonchev–Trinajstić information content (AvgIpc) is 3.25. The number of amides is 1. The Bertz CT molecular complexity index is 1130. The van der Waals surface area contributed by atoms with Gasteiger partial charge in [-0.25, -0.2) is 9.59 Å². The van der Waals surface area contributed by atoms with E-state index in [2.05, 4.69) is 25.6 Å². The molecule has 31 heavy (non-hydrogen) atoms. The number of anilines is 1. The molecule has 0 atom stereocenters. The molecule has 160 valence electrons. The van der Waals surface area contributed by atoms with Crippen LogP contribution in [0.3, 0.4) is 0 Å². The minimum absolute atomic E-state index is 0.0324. The van der Waals surface area contributed by atoms with Crippen LogP contribution in [0.25, 0.3) is 5.69 Å². The number of aryl methyl sites for hydroxylation is 1. The molecule has 2 aromatic carbocycles. The zero-order chi connectivity index (χ0) is 22.4. The first-order valence-corrected chi connectivity index (χ1v) is 10.0. The fraction of sp³-hybridized carbons (Fsp3) is 0.200. The predicted molar refractivity (Wildman–Crippen MR) is 112 cm³/mol. The molecule has 0 radical (unpaired) electrons. The molecule has 0 aliphatic carbocycles. The summed E-state index contributed by atoms with van der Waals surface area (Å²) in [5, 5.41) is 14.7. The lowest BCUT2D eigenvalue weighted by atomic mass is 10.1. The van der Waals surface area contributed by atoms with Crippen LogP contribution < -0.4 is 5.32 Å². The highest BCUT2D eigenvalue weighted by atomic mass is 32.2. The van der Waals surface area contributed by atoms with E-state index < -0.39 is 17.8 Å². The van der Waals surface area contributed by atoms with Crippen molar-refractivity contribution in [3.63, 3.8) is 0 Å². The second-order valence-corrected chi connectivity index (χ2v) is 7.18. The number of tetrazole rings is 1. The van der Waals surface area contributed by atoms with Crippen molar-refractivity contribution in [2.24, 2.45) is 0 Å². The third-order valence-electron chi connectivity index (χ3n) is 4.24. The van der Waals surface area contributed by atoms with Crippen molar-refractivity contribution in [2.75, 3.05) is 25.3 Å². The first-order chi connectivity index (χ1) is 14.9. The molecule has 0 aliphatic rings. The molecule has 0 saturated carbocycles. The zero-order valence-electron chi connectivity index (χ0n) is 17.0. The fourth-order valence-corrected chi connectivity index (χ4v) is 3.40. The Balaban J connectivity index is 1.76. The topological polar surface area (TPSA) is 125 Å². The van der Waals surface area contributed by atoms with Crippen LogP contribution in [0.15, 0.2) is 47.6 Å². The molecule has 0 fully saturated rings. The molecule has 0 bridgehead atoms. The molecule has 0 saturated heterocycles. The molecule has 1 heterocycles. The maximum absolute atomic E-state index is 12.6. The second-order valence-electron chi connectivity index (χ2n) is 6.24. The van der Waals surface area contributed by atoms with Crippen LogP contribution in [-0.2, 0) is 14.3 Å². The Labute approximate surface area is 181 Å². The summed E-state index contributed by atoms with van der Waals surface area (Å²) in [5.74, 6) is -1.70. The summed E-state index contributed by atoms with van der Waals surface area (Å²) in [6, 6.07) is 11.7. The number of carbonyl (C=O) groups excluding carboxylic acids is 3. The molecule has 0 unspecified atom stereocenters. The largest absolute Gasteiger partial charge is 0.465 e. The molecule has 1 amide bonds. The molecule has 1 aromatic heterocycles. The number of ether oxygens (including phenoxy) is 2. The summed E-state index contributed by atoms with van der Waals surface area (Å²) < 4.78 is 11.0. The predicted octanol–water partition coefficient (Wildman–Crippen LogP) is 2.27. The minimum atomic E-state index is -0.650. The van der Waals surface area contributed by atoms with Gasteiger partial charge in [0.25, 0.3) is 0 Å². The van der Waals surface area contributed by atoms with E-state index in [1.54, 1.807) is 4.68 Å². The number of para-hydroxylation sites is 1. The van der Waals surface area contributed by atoms with Crippen LogP contribution in [0.5, 0.6) is 0 Å². The van der Waals surface area contributed by atoms with Gasteiger partial charge in [0.2, 0.25) is 11.1 Å². The van der Waals surface area contributed by atoms with Gasteiger partial charge in [-0.05, 0) is 47.2 Å². The van der Waals surface area contributed by atoms with E-state index >= 15 is 0 Å². The van der Waals surface area contributed by atoms with Crippen molar-refractivity contribution in [1.29, 1.82) is 0 Å². The van der Waals surface area contributed by atoms with Gasteiger partial charge in [-0.1, -0.05) is 30.0 Å². The third kappa shape index (κ3) is 5.07. The summed E-state index contributed by atoms with van der Waals surface area (Å²) in [5.41, 5.74) is 2.20. The Hall–Kier alpha value is -3.73. The smallest absolute Gasteiger partial charge is 0.339 e.